The van der Waals surface area contributed by atoms with E-state index < -0.39 is 24.0 Å². The van der Waals surface area contributed by atoms with E-state index in [9.17, 15) is 27.5 Å². The van der Waals surface area contributed by atoms with Crippen LogP contribution in [0, 0.1) is 25.6 Å². The summed E-state index contributed by atoms with van der Waals surface area (Å²) in [6, 6.07) is 1.61. The van der Waals surface area contributed by atoms with Crippen LogP contribution in [0.5, 0.6) is 0 Å². The summed E-state index contributed by atoms with van der Waals surface area (Å²) in [6.07, 6.45) is -2.54. The number of nitrogens with zero attached hydrogens (tertiary/aromatic N) is 2. The third-order valence-corrected chi connectivity index (χ3v) is 5.70. The highest BCUT2D eigenvalue weighted by atomic mass is 19.4. The van der Waals surface area contributed by atoms with Crippen molar-refractivity contribution in [2.45, 2.75) is 58.4 Å². The van der Waals surface area contributed by atoms with Crippen LogP contribution in [0.15, 0.2) is 17.8 Å². The van der Waals surface area contributed by atoms with Gasteiger partial charge in [-0.3, -0.25) is 4.79 Å². The third-order valence-electron chi connectivity index (χ3n) is 5.70. The molecule has 3 rings (SSSR count). The number of aliphatic hydroxyl groups excluding tert-OH is 1. The van der Waals surface area contributed by atoms with Gasteiger partial charge in [-0.1, -0.05) is 0 Å². The Balaban J connectivity index is 1.97. The molecule has 1 aliphatic carbocycles. The Labute approximate surface area is 167 Å². The first-order chi connectivity index (χ1) is 13.5. The Morgan fingerprint density at radius 2 is 1.97 bits per heavy atom. The van der Waals surface area contributed by atoms with E-state index in [1.54, 1.807) is 31.9 Å². The smallest absolute Gasteiger partial charge is 0.383 e. The normalized spacial score (nSPS) is 21.4. The van der Waals surface area contributed by atoms with Crippen molar-refractivity contribution in [1.82, 2.24) is 0 Å². The van der Waals surface area contributed by atoms with E-state index in [4.69, 9.17) is 0 Å². The zero-order chi connectivity index (χ0) is 21.5. The van der Waals surface area contributed by atoms with Crippen molar-refractivity contribution in [2.24, 2.45) is 5.92 Å². The molecule has 1 aromatic rings. The summed E-state index contributed by atoms with van der Waals surface area (Å²) in [4.78, 5) is 14.7. The van der Waals surface area contributed by atoms with E-state index in [-0.39, 0.29) is 31.2 Å². The number of carbonyl (C=O) groups is 1. The summed E-state index contributed by atoms with van der Waals surface area (Å²) in [5, 5.41) is 9.59. The number of aldehydes is 1. The molecule has 1 N–H and O–H groups in total. The number of benzene rings is 1. The van der Waals surface area contributed by atoms with Gasteiger partial charge < -0.3 is 14.9 Å². The number of carbonyl (C=O) groups excluding carboxylic acids is 1. The van der Waals surface area contributed by atoms with Gasteiger partial charge in [0.15, 0.2) is 6.10 Å². The maximum atomic E-state index is 14.9. The Morgan fingerprint density at radius 3 is 2.52 bits per heavy atom. The predicted molar refractivity (Wildman–Crippen MR) is 104 cm³/mol. The number of alkyl halides is 3. The molecule has 1 saturated heterocycles. The first-order valence-electron chi connectivity index (χ1n) is 9.76. The molecule has 0 aromatic heterocycles. The molecule has 1 aromatic carbocycles. The van der Waals surface area contributed by atoms with E-state index >= 15 is 0 Å². The predicted octanol–water partition coefficient (Wildman–Crippen LogP) is 4.26. The minimum Gasteiger partial charge on any atom is -0.383 e. The number of aryl methyl sites for hydroxylation is 1. The minimum absolute atomic E-state index is 0.0619. The molecular weight excluding hydrogens is 388 g/mol. The highest BCUT2D eigenvalue weighted by molar-refractivity contribution is 5.77. The molecule has 8 heteroatoms. The van der Waals surface area contributed by atoms with Crippen LogP contribution in [0.3, 0.4) is 0 Å². The van der Waals surface area contributed by atoms with Crippen molar-refractivity contribution in [1.29, 1.82) is 0 Å². The van der Waals surface area contributed by atoms with E-state index in [0.717, 1.165) is 24.8 Å². The van der Waals surface area contributed by atoms with Gasteiger partial charge in [0.05, 0.1) is 5.69 Å². The average Bonchev–Trinajstić information content (AvgIpc) is 3.37. The largest absolute Gasteiger partial charge is 0.414 e. The van der Waals surface area contributed by atoms with E-state index in [1.807, 2.05) is 4.90 Å². The fourth-order valence-electron chi connectivity index (χ4n) is 4.17. The second kappa shape index (κ2) is 7.97. The zero-order valence-corrected chi connectivity index (χ0v) is 16.8. The molecule has 160 valence electrons. The number of halogens is 4. The molecule has 29 heavy (non-hydrogen) atoms. The molecule has 2 aliphatic rings. The van der Waals surface area contributed by atoms with Crippen molar-refractivity contribution in [3.05, 3.63) is 34.8 Å². The van der Waals surface area contributed by atoms with Crippen LogP contribution < -0.4 is 9.80 Å². The lowest BCUT2D eigenvalue weighted by Gasteiger charge is -2.30. The van der Waals surface area contributed by atoms with Gasteiger partial charge in [0, 0.05) is 42.5 Å². The van der Waals surface area contributed by atoms with Crippen LogP contribution in [0.1, 0.15) is 37.3 Å². The SMILES string of the molecule is C/C(C=O)=C/N(c1c(C)cc(F)c(N2CCC(C(O)C(F)(F)F)C2)c1C)C1CC1. The maximum Gasteiger partial charge on any atom is 0.414 e. The van der Waals surface area contributed by atoms with Gasteiger partial charge in [-0.05, 0) is 57.2 Å². The van der Waals surface area contributed by atoms with Crippen molar-refractivity contribution in [3.8, 4) is 0 Å². The molecule has 2 atom stereocenters. The van der Waals surface area contributed by atoms with Gasteiger partial charge in [-0.25, -0.2) is 4.39 Å². The summed E-state index contributed by atoms with van der Waals surface area (Å²) in [5.74, 6) is -1.48. The Morgan fingerprint density at radius 1 is 1.31 bits per heavy atom. The van der Waals surface area contributed by atoms with E-state index in [0.29, 0.717) is 16.7 Å². The Bertz CT molecular complexity index is 818. The molecule has 0 radical (unpaired) electrons. The molecule has 1 saturated carbocycles. The Hall–Kier alpha value is -2.09. The van der Waals surface area contributed by atoms with E-state index in [2.05, 4.69) is 0 Å². The van der Waals surface area contributed by atoms with Gasteiger partial charge in [0.1, 0.15) is 12.1 Å². The minimum atomic E-state index is -4.69. The number of hydrogen-bond donors (Lipinski definition) is 1. The summed E-state index contributed by atoms with van der Waals surface area (Å²) in [7, 11) is 0. The molecule has 2 fully saturated rings. The van der Waals surface area contributed by atoms with Crippen LogP contribution in [-0.2, 0) is 4.79 Å². The topological polar surface area (TPSA) is 43.8 Å². The first-order valence-corrected chi connectivity index (χ1v) is 9.76. The number of allylic oxidation sites excluding steroid dienone is 1. The van der Waals surface area contributed by atoms with E-state index in [1.165, 1.54) is 6.07 Å². The summed E-state index contributed by atoms with van der Waals surface area (Å²) in [6.45, 7) is 5.42. The highest BCUT2D eigenvalue weighted by Gasteiger charge is 2.46. The molecule has 2 unspecified atom stereocenters. The van der Waals surface area contributed by atoms with Crippen LogP contribution >= 0.6 is 0 Å². The van der Waals surface area contributed by atoms with Crippen LogP contribution in [0.4, 0.5) is 28.9 Å². The van der Waals surface area contributed by atoms with Crippen molar-refractivity contribution < 1.29 is 27.5 Å². The third kappa shape index (κ3) is 4.42. The number of hydrogen-bond acceptors (Lipinski definition) is 4. The number of rotatable bonds is 6. The standard InChI is InChI=1S/C21H26F4N2O2/c1-12(11-28)9-27(16-4-5-16)18-13(2)8-17(22)19(14(18)3)26-7-6-15(10-26)20(29)21(23,24)25/h8-9,11,15-16,20,29H,4-7,10H2,1-3H3/b12-9-. The second-order valence-electron chi connectivity index (χ2n) is 8.11. The van der Waals surface area contributed by atoms with Crippen LogP contribution in [0.25, 0.3) is 0 Å². The summed E-state index contributed by atoms with van der Waals surface area (Å²) in [5.41, 5.74) is 2.93. The molecule has 1 aliphatic heterocycles. The average molecular weight is 414 g/mol. The fraction of sp³-hybridized carbons (Fsp3) is 0.571. The lowest BCUT2D eigenvalue weighted by molar-refractivity contribution is -0.217. The molecule has 4 nitrogen and oxygen atoms in total. The lowest BCUT2D eigenvalue weighted by atomic mass is 10.0. The van der Waals surface area contributed by atoms with Crippen molar-refractivity contribution in [2.75, 3.05) is 22.9 Å². The number of aliphatic hydroxyl groups is 1. The first kappa shape index (κ1) is 21.6. The van der Waals surface area contributed by atoms with Gasteiger partial charge in [-0.15, -0.1) is 0 Å². The second-order valence-corrected chi connectivity index (χ2v) is 8.11. The van der Waals surface area contributed by atoms with Crippen molar-refractivity contribution in [3.63, 3.8) is 0 Å². The maximum absolute atomic E-state index is 14.9. The zero-order valence-electron chi connectivity index (χ0n) is 16.8. The summed E-state index contributed by atoms with van der Waals surface area (Å²) < 4.78 is 53.5. The Kier molecular flexibility index (Phi) is 5.94. The molecule has 0 amide bonds. The summed E-state index contributed by atoms with van der Waals surface area (Å²) >= 11 is 0. The molecular formula is C21H26F4N2O2. The van der Waals surface area contributed by atoms with Crippen LogP contribution in [0.2, 0.25) is 0 Å². The lowest BCUT2D eigenvalue weighted by Crippen LogP contribution is -2.37. The molecule has 1 heterocycles. The molecule has 0 spiro atoms. The fourth-order valence-corrected chi connectivity index (χ4v) is 4.17. The van der Waals surface area contributed by atoms with Crippen molar-refractivity contribution >= 4 is 17.7 Å². The van der Waals surface area contributed by atoms with Crippen LogP contribution in [-0.4, -0.2) is 42.8 Å². The quantitative estimate of drug-likeness (QED) is 0.429. The highest BCUT2D eigenvalue weighted by Crippen LogP contribution is 2.42. The molecule has 0 bridgehead atoms. The monoisotopic (exact) mass is 414 g/mol. The van der Waals surface area contributed by atoms with Gasteiger partial charge in [0.2, 0.25) is 0 Å². The van der Waals surface area contributed by atoms with Gasteiger partial charge >= 0.3 is 6.18 Å². The van der Waals surface area contributed by atoms with Gasteiger partial charge in [0.25, 0.3) is 0 Å². The number of anilines is 2. The van der Waals surface area contributed by atoms with Gasteiger partial charge in [-0.2, -0.15) is 13.2 Å².